The average molecular weight is 456 g/mol. The van der Waals surface area contributed by atoms with Crippen LogP contribution < -0.4 is 10.6 Å². The maximum Gasteiger partial charge on any atom is 0.262 e. The second-order valence-electron chi connectivity index (χ2n) is 8.31. The second-order valence-corrected chi connectivity index (χ2v) is 8.31. The fourth-order valence-corrected chi connectivity index (χ4v) is 4.09. The lowest BCUT2D eigenvalue weighted by molar-refractivity contribution is -0.129. The molecule has 1 aliphatic heterocycles. The Morgan fingerprint density at radius 3 is 1.82 bits per heavy atom. The van der Waals surface area contributed by atoms with E-state index in [1.54, 1.807) is 48.5 Å². The number of nitrogens with zero attached hydrogens (tertiary/aromatic N) is 1. The summed E-state index contributed by atoms with van der Waals surface area (Å²) in [7, 11) is 0. The predicted molar refractivity (Wildman–Crippen MR) is 128 cm³/mol. The van der Waals surface area contributed by atoms with Gasteiger partial charge in [-0.3, -0.25) is 24.1 Å². The lowest BCUT2D eigenvalue weighted by atomic mass is 10.0. The molecule has 0 radical (unpaired) electrons. The van der Waals surface area contributed by atoms with Crippen molar-refractivity contribution in [3.63, 3.8) is 0 Å². The van der Waals surface area contributed by atoms with Gasteiger partial charge in [0.05, 0.1) is 11.1 Å². The molecule has 3 aromatic carbocycles. The third-order valence-corrected chi connectivity index (χ3v) is 6.00. The zero-order valence-corrected chi connectivity index (χ0v) is 19.2. The van der Waals surface area contributed by atoms with Crippen LogP contribution in [0.4, 0.5) is 5.69 Å². The van der Waals surface area contributed by atoms with E-state index in [0.29, 0.717) is 11.3 Å². The molecule has 2 atom stereocenters. The summed E-state index contributed by atoms with van der Waals surface area (Å²) in [5.74, 6) is -2.09. The number of anilines is 1. The van der Waals surface area contributed by atoms with E-state index in [-0.39, 0.29) is 11.1 Å². The molecule has 0 saturated heterocycles. The van der Waals surface area contributed by atoms with Crippen LogP contribution in [0, 0.1) is 13.8 Å². The third kappa shape index (κ3) is 4.20. The first-order valence-corrected chi connectivity index (χ1v) is 11.0. The molecule has 0 bridgehead atoms. The fourth-order valence-electron chi connectivity index (χ4n) is 4.09. The number of benzene rings is 3. The SMILES string of the molecule is Cc1cccc(C)c1NC(=O)[C@@H](NC(=O)[C@H](C)N1C(=O)c2ccccc2C1=O)c1ccccc1. The van der Waals surface area contributed by atoms with Crippen molar-refractivity contribution in [3.8, 4) is 0 Å². The van der Waals surface area contributed by atoms with E-state index in [1.807, 2.05) is 38.1 Å². The van der Waals surface area contributed by atoms with Crippen LogP contribution in [0.15, 0.2) is 72.8 Å². The summed E-state index contributed by atoms with van der Waals surface area (Å²) in [5, 5.41) is 5.66. The van der Waals surface area contributed by atoms with Gasteiger partial charge in [0.15, 0.2) is 0 Å². The van der Waals surface area contributed by atoms with Crippen molar-refractivity contribution in [2.75, 3.05) is 5.32 Å². The van der Waals surface area contributed by atoms with Gasteiger partial charge in [-0.15, -0.1) is 0 Å². The van der Waals surface area contributed by atoms with Crippen LogP contribution in [-0.4, -0.2) is 34.6 Å². The molecule has 0 aromatic heterocycles. The van der Waals surface area contributed by atoms with E-state index in [9.17, 15) is 19.2 Å². The molecule has 2 N–H and O–H groups in total. The molecular formula is C27H25N3O4. The first-order valence-electron chi connectivity index (χ1n) is 11.0. The summed E-state index contributed by atoms with van der Waals surface area (Å²) >= 11 is 0. The van der Waals surface area contributed by atoms with E-state index >= 15 is 0 Å². The Morgan fingerprint density at radius 1 is 0.735 bits per heavy atom. The minimum Gasteiger partial charge on any atom is -0.339 e. The second kappa shape index (κ2) is 9.31. The van der Waals surface area contributed by atoms with Crippen LogP contribution >= 0.6 is 0 Å². The monoisotopic (exact) mass is 455 g/mol. The van der Waals surface area contributed by atoms with Crippen molar-refractivity contribution in [2.45, 2.75) is 32.9 Å². The number of rotatable bonds is 6. The van der Waals surface area contributed by atoms with Gasteiger partial charge in [-0.05, 0) is 49.6 Å². The number of carbonyl (C=O) groups is 4. The van der Waals surface area contributed by atoms with Gasteiger partial charge in [0.1, 0.15) is 12.1 Å². The van der Waals surface area contributed by atoms with E-state index < -0.39 is 35.7 Å². The molecule has 7 nitrogen and oxygen atoms in total. The zero-order chi connectivity index (χ0) is 24.4. The van der Waals surface area contributed by atoms with Gasteiger partial charge < -0.3 is 10.6 Å². The van der Waals surface area contributed by atoms with Gasteiger partial charge in [-0.1, -0.05) is 60.7 Å². The number of carbonyl (C=O) groups excluding carboxylic acids is 4. The number of aryl methyl sites for hydroxylation is 2. The summed E-state index contributed by atoms with van der Waals surface area (Å²) in [6.45, 7) is 5.26. The summed E-state index contributed by atoms with van der Waals surface area (Å²) in [4.78, 5) is 53.1. The van der Waals surface area contributed by atoms with Gasteiger partial charge in [-0.2, -0.15) is 0 Å². The molecule has 0 aliphatic carbocycles. The fraction of sp³-hybridized carbons (Fsp3) is 0.185. The summed E-state index contributed by atoms with van der Waals surface area (Å²) in [5.41, 5.74) is 3.57. The summed E-state index contributed by atoms with van der Waals surface area (Å²) < 4.78 is 0. The highest BCUT2D eigenvalue weighted by Gasteiger charge is 2.41. The maximum absolute atomic E-state index is 13.3. The van der Waals surface area contributed by atoms with Crippen LogP contribution in [0.1, 0.15) is 50.4 Å². The third-order valence-electron chi connectivity index (χ3n) is 6.00. The number of hydrogen-bond donors (Lipinski definition) is 2. The Kier molecular flexibility index (Phi) is 6.27. The van der Waals surface area contributed by atoms with Gasteiger partial charge in [-0.25, -0.2) is 0 Å². The quantitative estimate of drug-likeness (QED) is 0.553. The van der Waals surface area contributed by atoms with Crippen molar-refractivity contribution >= 4 is 29.3 Å². The van der Waals surface area contributed by atoms with Gasteiger partial charge in [0, 0.05) is 5.69 Å². The number of amides is 4. The van der Waals surface area contributed by atoms with E-state index in [1.165, 1.54) is 6.92 Å². The molecule has 3 aromatic rings. The van der Waals surface area contributed by atoms with E-state index in [0.717, 1.165) is 16.0 Å². The number of imide groups is 1. The minimum absolute atomic E-state index is 0.263. The number of fused-ring (bicyclic) bond motifs is 1. The normalized spacial score (nSPS) is 14.4. The lowest BCUT2D eigenvalue weighted by Gasteiger charge is -2.25. The Hall–Kier alpha value is -4.26. The Bertz CT molecular complexity index is 1230. The molecule has 4 amide bonds. The largest absolute Gasteiger partial charge is 0.339 e. The van der Waals surface area contributed by atoms with Crippen molar-refractivity contribution in [1.29, 1.82) is 0 Å². The van der Waals surface area contributed by atoms with Gasteiger partial charge in [0.2, 0.25) is 5.91 Å². The highest BCUT2D eigenvalue weighted by Crippen LogP contribution is 2.26. The molecule has 34 heavy (non-hydrogen) atoms. The van der Waals surface area contributed by atoms with Crippen LogP contribution in [0.25, 0.3) is 0 Å². The molecule has 0 fully saturated rings. The van der Waals surface area contributed by atoms with Crippen molar-refractivity contribution < 1.29 is 19.2 Å². The van der Waals surface area contributed by atoms with Crippen LogP contribution in [0.5, 0.6) is 0 Å². The van der Waals surface area contributed by atoms with Gasteiger partial charge in [0.25, 0.3) is 17.7 Å². The molecule has 172 valence electrons. The number of nitrogens with one attached hydrogen (secondary N) is 2. The molecule has 0 unspecified atom stereocenters. The standard InChI is InChI=1S/C27H25N3O4/c1-16-10-9-11-17(2)22(16)28-25(32)23(19-12-5-4-6-13-19)29-24(31)18(3)30-26(33)20-14-7-8-15-21(20)27(30)34/h4-15,18,23H,1-3H3,(H,28,32)(H,29,31)/t18-,23-/m0/s1. The maximum atomic E-state index is 13.3. The Labute approximate surface area is 197 Å². The van der Waals surface area contributed by atoms with Crippen molar-refractivity contribution in [2.24, 2.45) is 0 Å². The lowest BCUT2D eigenvalue weighted by Crippen LogP contribution is -2.50. The molecule has 0 saturated carbocycles. The summed E-state index contributed by atoms with van der Waals surface area (Å²) in [6.07, 6.45) is 0. The van der Waals surface area contributed by atoms with E-state index in [2.05, 4.69) is 10.6 Å². The molecule has 4 rings (SSSR count). The van der Waals surface area contributed by atoms with Gasteiger partial charge >= 0.3 is 0 Å². The molecular weight excluding hydrogens is 430 g/mol. The van der Waals surface area contributed by atoms with Crippen molar-refractivity contribution in [1.82, 2.24) is 10.2 Å². The Balaban J connectivity index is 1.59. The average Bonchev–Trinajstić information content (AvgIpc) is 3.09. The number of para-hydroxylation sites is 1. The molecule has 0 spiro atoms. The minimum atomic E-state index is -1.10. The topological polar surface area (TPSA) is 95.6 Å². The van der Waals surface area contributed by atoms with Crippen LogP contribution in [-0.2, 0) is 9.59 Å². The highest BCUT2D eigenvalue weighted by atomic mass is 16.2. The summed E-state index contributed by atoms with van der Waals surface area (Å²) in [6, 6.07) is 18.8. The first kappa shape index (κ1) is 22.9. The van der Waals surface area contributed by atoms with Crippen molar-refractivity contribution in [3.05, 3.63) is 101 Å². The van der Waals surface area contributed by atoms with Crippen LogP contribution in [0.3, 0.4) is 0 Å². The predicted octanol–water partition coefficient (Wildman–Crippen LogP) is 3.78. The highest BCUT2D eigenvalue weighted by molar-refractivity contribution is 6.22. The van der Waals surface area contributed by atoms with E-state index in [4.69, 9.17) is 0 Å². The smallest absolute Gasteiger partial charge is 0.262 e. The molecule has 1 heterocycles. The zero-order valence-electron chi connectivity index (χ0n) is 19.2. The first-order chi connectivity index (χ1) is 16.3. The van der Waals surface area contributed by atoms with Crippen LogP contribution in [0.2, 0.25) is 0 Å². The molecule has 7 heteroatoms. The Morgan fingerprint density at radius 2 is 1.26 bits per heavy atom. The number of hydrogen-bond acceptors (Lipinski definition) is 4. The molecule has 1 aliphatic rings.